The summed E-state index contributed by atoms with van der Waals surface area (Å²) >= 11 is 5.92. The molecule has 0 aromatic heterocycles. The largest absolute Gasteiger partial charge is 0.491 e. The molecule has 0 saturated carbocycles. The predicted molar refractivity (Wildman–Crippen MR) is 59.6 cm³/mol. The summed E-state index contributed by atoms with van der Waals surface area (Å²) in [4.78, 5) is 0. The van der Waals surface area contributed by atoms with Gasteiger partial charge in [-0.25, -0.2) is 0 Å². The van der Waals surface area contributed by atoms with Crippen LogP contribution >= 0.6 is 11.6 Å². The van der Waals surface area contributed by atoms with Crippen molar-refractivity contribution in [3.05, 3.63) is 28.8 Å². The smallest absolute Gasteiger partial charge is 0.120 e. The van der Waals surface area contributed by atoms with Crippen LogP contribution in [-0.4, -0.2) is 31.5 Å². The van der Waals surface area contributed by atoms with Crippen molar-refractivity contribution in [2.24, 2.45) is 0 Å². The Kier molecular flexibility index (Phi) is 4.88. The first-order valence-electron chi connectivity index (χ1n) is 4.69. The zero-order chi connectivity index (χ0) is 11.3. The molecule has 1 aromatic rings. The molecule has 0 heterocycles. The molecule has 0 aliphatic heterocycles. The number of aryl methyl sites for hydroxylation is 1. The van der Waals surface area contributed by atoms with Crippen LogP contribution in [0.15, 0.2) is 18.2 Å². The number of aliphatic hydroxyl groups excluding tert-OH is 1. The van der Waals surface area contributed by atoms with Crippen molar-refractivity contribution < 1.29 is 14.6 Å². The molecule has 0 amide bonds. The topological polar surface area (TPSA) is 38.7 Å². The highest BCUT2D eigenvalue weighted by Crippen LogP contribution is 2.21. The fourth-order valence-corrected chi connectivity index (χ4v) is 1.27. The standard InChI is InChI=1S/C11H15ClO3/c1-8-3-4-10(5-11(8)12)15-7-9(13)6-14-2/h3-5,9,13H,6-7H2,1-2H3. The molecule has 84 valence electrons. The number of benzene rings is 1. The molecule has 0 aliphatic rings. The van der Waals surface area contributed by atoms with Crippen molar-refractivity contribution >= 4 is 11.6 Å². The summed E-state index contributed by atoms with van der Waals surface area (Å²) in [5, 5.41) is 10.0. The third-order valence-electron chi connectivity index (χ3n) is 1.94. The van der Waals surface area contributed by atoms with Crippen LogP contribution in [0.5, 0.6) is 5.75 Å². The van der Waals surface area contributed by atoms with Crippen LogP contribution in [-0.2, 0) is 4.74 Å². The van der Waals surface area contributed by atoms with E-state index >= 15 is 0 Å². The summed E-state index contributed by atoms with van der Waals surface area (Å²) in [6, 6.07) is 5.43. The van der Waals surface area contributed by atoms with Gasteiger partial charge < -0.3 is 14.6 Å². The Morgan fingerprint density at radius 2 is 2.13 bits per heavy atom. The Bertz CT molecular complexity index is 315. The summed E-state index contributed by atoms with van der Waals surface area (Å²) < 4.78 is 10.1. The van der Waals surface area contributed by atoms with E-state index in [4.69, 9.17) is 21.1 Å². The van der Waals surface area contributed by atoms with Gasteiger partial charge in [0.2, 0.25) is 0 Å². The average Bonchev–Trinajstić information content (AvgIpc) is 2.20. The van der Waals surface area contributed by atoms with Gasteiger partial charge in [0, 0.05) is 12.1 Å². The van der Waals surface area contributed by atoms with Crippen molar-refractivity contribution in [2.75, 3.05) is 20.3 Å². The van der Waals surface area contributed by atoms with E-state index in [1.807, 2.05) is 19.1 Å². The number of hydrogen-bond donors (Lipinski definition) is 1. The van der Waals surface area contributed by atoms with E-state index in [0.29, 0.717) is 10.8 Å². The van der Waals surface area contributed by atoms with Gasteiger partial charge in [0.1, 0.15) is 18.5 Å². The minimum atomic E-state index is -0.616. The molecular formula is C11H15ClO3. The molecule has 1 rings (SSSR count). The van der Waals surface area contributed by atoms with Gasteiger partial charge in [0.05, 0.1) is 6.61 Å². The van der Waals surface area contributed by atoms with Gasteiger partial charge in [-0.05, 0) is 24.6 Å². The highest BCUT2D eigenvalue weighted by atomic mass is 35.5. The molecule has 1 atom stereocenters. The molecule has 0 aliphatic carbocycles. The minimum absolute atomic E-state index is 0.202. The van der Waals surface area contributed by atoms with Crippen LogP contribution in [0.1, 0.15) is 5.56 Å². The van der Waals surface area contributed by atoms with Crippen LogP contribution in [0, 0.1) is 6.92 Å². The van der Waals surface area contributed by atoms with Gasteiger partial charge in [0.15, 0.2) is 0 Å². The summed E-state index contributed by atoms with van der Waals surface area (Å²) in [7, 11) is 1.53. The van der Waals surface area contributed by atoms with Crippen molar-refractivity contribution in [2.45, 2.75) is 13.0 Å². The van der Waals surface area contributed by atoms with Crippen LogP contribution in [0.3, 0.4) is 0 Å². The van der Waals surface area contributed by atoms with E-state index in [2.05, 4.69) is 0 Å². The minimum Gasteiger partial charge on any atom is -0.491 e. The zero-order valence-corrected chi connectivity index (χ0v) is 9.62. The van der Waals surface area contributed by atoms with Crippen LogP contribution < -0.4 is 4.74 Å². The first-order chi connectivity index (χ1) is 7.13. The van der Waals surface area contributed by atoms with Gasteiger partial charge in [-0.3, -0.25) is 0 Å². The molecule has 3 nitrogen and oxygen atoms in total. The number of ether oxygens (including phenoxy) is 2. The van der Waals surface area contributed by atoms with Gasteiger partial charge in [-0.2, -0.15) is 0 Å². The SMILES string of the molecule is COCC(O)COc1ccc(C)c(Cl)c1. The first-order valence-corrected chi connectivity index (χ1v) is 5.07. The Morgan fingerprint density at radius 1 is 1.40 bits per heavy atom. The molecular weight excluding hydrogens is 216 g/mol. The van der Waals surface area contributed by atoms with E-state index in [0.717, 1.165) is 5.56 Å². The normalized spacial score (nSPS) is 12.5. The molecule has 0 spiro atoms. The van der Waals surface area contributed by atoms with Crippen molar-refractivity contribution in [1.82, 2.24) is 0 Å². The van der Waals surface area contributed by atoms with E-state index < -0.39 is 6.10 Å². The highest BCUT2D eigenvalue weighted by Gasteiger charge is 2.05. The Morgan fingerprint density at radius 3 is 2.73 bits per heavy atom. The van der Waals surface area contributed by atoms with Crippen LogP contribution in [0.4, 0.5) is 0 Å². The van der Waals surface area contributed by atoms with Gasteiger partial charge in [-0.15, -0.1) is 0 Å². The number of hydrogen-bond acceptors (Lipinski definition) is 3. The van der Waals surface area contributed by atoms with Crippen molar-refractivity contribution in [3.8, 4) is 5.75 Å². The maximum atomic E-state index is 9.35. The van der Waals surface area contributed by atoms with E-state index in [1.54, 1.807) is 6.07 Å². The molecule has 0 fully saturated rings. The third-order valence-corrected chi connectivity index (χ3v) is 2.35. The average molecular weight is 231 g/mol. The first kappa shape index (κ1) is 12.3. The summed E-state index contributed by atoms with van der Waals surface area (Å²) in [6.07, 6.45) is -0.616. The fourth-order valence-electron chi connectivity index (χ4n) is 1.10. The summed E-state index contributed by atoms with van der Waals surface area (Å²) in [6.45, 7) is 2.39. The quantitative estimate of drug-likeness (QED) is 0.841. The van der Waals surface area contributed by atoms with Crippen LogP contribution in [0.25, 0.3) is 0 Å². The number of methoxy groups -OCH3 is 1. The molecule has 0 radical (unpaired) electrons. The second-order valence-electron chi connectivity index (χ2n) is 3.33. The monoisotopic (exact) mass is 230 g/mol. The molecule has 4 heteroatoms. The van der Waals surface area contributed by atoms with Gasteiger partial charge in [0.25, 0.3) is 0 Å². The Labute approximate surface area is 94.6 Å². The lowest BCUT2D eigenvalue weighted by atomic mass is 10.2. The third kappa shape index (κ3) is 4.08. The molecule has 1 aromatic carbocycles. The van der Waals surface area contributed by atoms with Crippen LogP contribution in [0.2, 0.25) is 5.02 Å². The second kappa shape index (κ2) is 5.95. The number of halogens is 1. The molecule has 1 unspecified atom stereocenters. The summed E-state index contributed by atoms with van der Waals surface area (Å²) in [5.74, 6) is 0.653. The fraction of sp³-hybridized carbons (Fsp3) is 0.455. The molecule has 0 saturated heterocycles. The predicted octanol–water partition coefficient (Wildman–Crippen LogP) is 2.03. The number of aliphatic hydroxyl groups is 1. The van der Waals surface area contributed by atoms with Crippen molar-refractivity contribution in [3.63, 3.8) is 0 Å². The van der Waals surface area contributed by atoms with Crippen molar-refractivity contribution in [1.29, 1.82) is 0 Å². The lowest BCUT2D eigenvalue weighted by Crippen LogP contribution is -2.22. The van der Waals surface area contributed by atoms with E-state index in [9.17, 15) is 5.11 Å². The van der Waals surface area contributed by atoms with Gasteiger partial charge in [-0.1, -0.05) is 17.7 Å². The number of rotatable bonds is 5. The Balaban J connectivity index is 2.47. The lowest BCUT2D eigenvalue weighted by Gasteiger charge is -2.11. The summed E-state index contributed by atoms with van der Waals surface area (Å²) in [5.41, 5.74) is 1.00. The maximum Gasteiger partial charge on any atom is 0.120 e. The second-order valence-corrected chi connectivity index (χ2v) is 3.74. The zero-order valence-electron chi connectivity index (χ0n) is 8.87. The molecule has 1 N–H and O–H groups in total. The van der Waals surface area contributed by atoms with E-state index in [-0.39, 0.29) is 13.2 Å². The lowest BCUT2D eigenvalue weighted by molar-refractivity contribution is 0.0325. The Hall–Kier alpha value is -0.770. The van der Waals surface area contributed by atoms with Gasteiger partial charge >= 0.3 is 0 Å². The molecule has 15 heavy (non-hydrogen) atoms. The maximum absolute atomic E-state index is 9.35. The highest BCUT2D eigenvalue weighted by molar-refractivity contribution is 6.31. The van der Waals surface area contributed by atoms with E-state index in [1.165, 1.54) is 7.11 Å². The molecule has 0 bridgehead atoms.